The molecule has 1 aromatic carbocycles. The molecule has 106 valence electrons. The molecule has 0 aliphatic heterocycles. The number of nitrogens with zero attached hydrogens (tertiary/aromatic N) is 4. The van der Waals surface area contributed by atoms with Crippen LogP contribution in [-0.2, 0) is 4.79 Å². The maximum atomic E-state index is 10.9. The third-order valence-corrected chi connectivity index (χ3v) is 3.54. The van der Waals surface area contributed by atoms with Crippen molar-refractivity contribution in [1.29, 1.82) is 0 Å². The first-order valence-electron chi connectivity index (χ1n) is 5.98. The van der Waals surface area contributed by atoms with Crippen LogP contribution in [0.1, 0.15) is 25.8 Å². The van der Waals surface area contributed by atoms with E-state index in [9.17, 15) is 4.79 Å². The zero-order chi connectivity index (χ0) is 14.7. The SMILES string of the molecule is CCC(CC(=O)O)n1nnnc1-c1c(Cl)cccc1Cl. The smallest absolute Gasteiger partial charge is 0.305 e. The molecule has 2 rings (SSSR count). The Bertz CT molecular complexity index is 609. The van der Waals surface area contributed by atoms with E-state index in [1.807, 2.05) is 6.92 Å². The molecule has 6 nitrogen and oxygen atoms in total. The Kier molecular flexibility index (Phi) is 4.57. The fourth-order valence-corrected chi connectivity index (χ4v) is 2.49. The second kappa shape index (κ2) is 6.19. The number of carbonyl (C=O) groups is 1. The zero-order valence-corrected chi connectivity index (χ0v) is 12.1. The van der Waals surface area contributed by atoms with Gasteiger partial charge in [-0.25, -0.2) is 4.68 Å². The molecular weight excluding hydrogens is 303 g/mol. The lowest BCUT2D eigenvalue weighted by molar-refractivity contribution is -0.138. The zero-order valence-electron chi connectivity index (χ0n) is 10.6. The molecule has 0 bridgehead atoms. The molecule has 0 fully saturated rings. The van der Waals surface area contributed by atoms with Crippen molar-refractivity contribution in [3.05, 3.63) is 28.2 Å². The fourth-order valence-electron chi connectivity index (χ4n) is 1.92. The van der Waals surface area contributed by atoms with Crippen LogP contribution in [0, 0.1) is 0 Å². The van der Waals surface area contributed by atoms with Crippen LogP contribution < -0.4 is 0 Å². The first-order chi connectivity index (χ1) is 9.54. The molecule has 0 radical (unpaired) electrons. The first-order valence-corrected chi connectivity index (χ1v) is 6.74. The monoisotopic (exact) mass is 314 g/mol. The van der Waals surface area contributed by atoms with Gasteiger partial charge in [0.25, 0.3) is 0 Å². The number of tetrazole rings is 1. The number of benzene rings is 1. The van der Waals surface area contributed by atoms with E-state index in [2.05, 4.69) is 15.5 Å². The molecule has 0 spiro atoms. The van der Waals surface area contributed by atoms with E-state index >= 15 is 0 Å². The largest absolute Gasteiger partial charge is 0.481 e. The van der Waals surface area contributed by atoms with Crippen LogP contribution in [0.2, 0.25) is 10.0 Å². The van der Waals surface area contributed by atoms with Crippen LogP contribution >= 0.6 is 23.2 Å². The summed E-state index contributed by atoms with van der Waals surface area (Å²) in [6.45, 7) is 1.87. The average Bonchev–Trinajstić information content (AvgIpc) is 2.84. The van der Waals surface area contributed by atoms with Gasteiger partial charge in [0.15, 0.2) is 5.82 Å². The Morgan fingerprint density at radius 1 is 1.40 bits per heavy atom. The molecule has 0 saturated carbocycles. The van der Waals surface area contributed by atoms with Crippen molar-refractivity contribution < 1.29 is 9.90 Å². The average molecular weight is 315 g/mol. The van der Waals surface area contributed by atoms with Gasteiger partial charge < -0.3 is 5.11 Å². The van der Waals surface area contributed by atoms with Crippen LogP contribution in [0.15, 0.2) is 18.2 Å². The van der Waals surface area contributed by atoms with Crippen molar-refractivity contribution in [2.24, 2.45) is 0 Å². The summed E-state index contributed by atoms with van der Waals surface area (Å²) in [5.74, 6) is -0.544. The van der Waals surface area contributed by atoms with Crippen molar-refractivity contribution in [1.82, 2.24) is 20.2 Å². The number of aromatic nitrogens is 4. The number of hydrogen-bond acceptors (Lipinski definition) is 4. The second-order valence-electron chi connectivity index (χ2n) is 4.20. The van der Waals surface area contributed by atoms with Crippen molar-refractivity contribution in [3.63, 3.8) is 0 Å². The van der Waals surface area contributed by atoms with Gasteiger partial charge in [0.05, 0.1) is 28.1 Å². The molecule has 1 heterocycles. The molecule has 0 amide bonds. The lowest BCUT2D eigenvalue weighted by Gasteiger charge is -2.15. The summed E-state index contributed by atoms with van der Waals surface area (Å²) >= 11 is 12.3. The fraction of sp³-hybridized carbons (Fsp3) is 0.333. The maximum absolute atomic E-state index is 10.9. The van der Waals surface area contributed by atoms with Gasteiger partial charge in [0, 0.05) is 0 Å². The van der Waals surface area contributed by atoms with E-state index in [1.165, 1.54) is 4.68 Å². The van der Waals surface area contributed by atoms with E-state index in [1.54, 1.807) is 18.2 Å². The van der Waals surface area contributed by atoms with E-state index in [-0.39, 0.29) is 12.5 Å². The lowest BCUT2D eigenvalue weighted by Crippen LogP contribution is -2.15. The minimum Gasteiger partial charge on any atom is -0.481 e. The van der Waals surface area contributed by atoms with Gasteiger partial charge in [-0.05, 0) is 29.0 Å². The third-order valence-electron chi connectivity index (χ3n) is 2.91. The molecule has 20 heavy (non-hydrogen) atoms. The van der Waals surface area contributed by atoms with Gasteiger partial charge >= 0.3 is 5.97 Å². The summed E-state index contributed by atoms with van der Waals surface area (Å²) in [7, 11) is 0. The number of carboxylic acids is 1. The number of rotatable bonds is 5. The summed E-state index contributed by atoms with van der Waals surface area (Å²) in [4.78, 5) is 10.9. The first kappa shape index (κ1) is 14.7. The molecule has 8 heteroatoms. The quantitative estimate of drug-likeness (QED) is 0.917. The highest BCUT2D eigenvalue weighted by atomic mass is 35.5. The molecule has 1 N–H and O–H groups in total. The second-order valence-corrected chi connectivity index (χ2v) is 5.02. The molecule has 0 aliphatic rings. The van der Waals surface area contributed by atoms with Crippen molar-refractivity contribution in [2.75, 3.05) is 0 Å². The topological polar surface area (TPSA) is 80.9 Å². The van der Waals surface area contributed by atoms with E-state index in [4.69, 9.17) is 28.3 Å². The van der Waals surface area contributed by atoms with E-state index in [0.29, 0.717) is 27.9 Å². The Hall–Kier alpha value is -1.66. The van der Waals surface area contributed by atoms with Gasteiger partial charge in [0.2, 0.25) is 0 Å². The Morgan fingerprint density at radius 3 is 2.60 bits per heavy atom. The summed E-state index contributed by atoms with van der Waals surface area (Å²) in [6, 6.07) is 4.72. The minimum absolute atomic E-state index is 0.0728. The molecule has 1 atom stereocenters. The van der Waals surface area contributed by atoms with E-state index < -0.39 is 5.97 Å². The van der Waals surface area contributed by atoms with Crippen LogP contribution in [0.3, 0.4) is 0 Å². The maximum Gasteiger partial charge on any atom is 0.305 e. The highest BCUT2D eigenvalue weighted by Gasteiger charge is 2.22. The molecule has 1 unspecified atom stereocenters. The molecular formula is C12H12Cl2N4O2. The molecule has 2 aromatic rings. The van der Waals surface area contributed by atoms with Crippen LogP contribution in [0.25, 0.3) is 11.4 Å². The summed E-state index contributed by atoms with van der Waals surface area (Å²) < 4.78 is 1.46. The summed E-state index contributed by atoms with van der Waals surface area (Å²) in [5, 5.41) is 21.2. The van der Waals surface area contributed by atoms with Gasteiger partial charge in [-0.3, -0.25) is 4.79 Å². The third kappa shape index (κ3) is 2.91. The Morgan fingerprint density at radius 2 is 2.05 bits per heavy atom. The normalized spacial score (nSPS) is 12.3. The Labute approximate surface area is 125 Å². The standard InChI is InChI=1S/C12H12Cl2N4O2/c1-2-7(6-10(19)20)18-12(15-16-17-18)11-8(13)4-3-5-9(11)14/h3-5,7H,2,6H2,1H3,(H,19,20). The number of halogens is 2. The Balaban J connectivity index is 2.50. The predicted molar refractivity (Wildman–Crippen MR) is 74.9 cm³/mol. The van der Waals surface area contributed by atoms with Crippen molar-refractivity contribution in [3.8, 4) is 11.4 Å². The summed E-state index contributed by atoms with van der Waals surface area (Å²) in [5.41, 5.74) is 0.504. The van der Waals surface area contributed by atoms with Gasteiger partial charge in [-0.1, -0.05) is 36.2 Å². The molecule has 0 aliphatic carbocycles. The molecule has 0 saturated heterocycles. The van der Waals surface area contributed by atoms with Gasteiger partial charge in [-0.15, -0.1) is 5.10 Å². The van der Waals surface area contributed by atoms with Crippen LogP contribution in [0.4, 0.5) is 0 Å². The van der Waals surface area contributed by atoms with Crippen molar-refractivity contribution >= 4 is 29.2 Å². The summed E-state index contributed by atoms with van der Waals surface area (Å²) in [6.07, 6.45) is 0.503. The van der Waals surface area contributed by atoms with Crippen LogP contribution in [-0.4, -0.2) is 31.3 Å². The number of hydrogen-bond donors (Lipinski definition) is 1. The lowest BCUT2D eigenvalue weighted by atomic mass is 10.1. The highest BCUT2D eigenvalue weighted by Crippen LogP contribution is 2.34. The number of aliphatic carboxylic acids is 1. The minimum atomic E-state index is -0.913. The van der Waals surface area contributed by atoms with Crippen LogP contribution in [0.5, 0.6) is 0 Å². The number of carboxylic acid groups (broad SMARTS) is 1. The predicted octanol–water partition coefficient (Wildman–Crippen LogP) is 3.07. The van der Waals surface area contributed by atoms with E-state index in [0.717, 1.165) is 0 Å². The molecule has 1 aromatic heterocycles. The van der Waals surface area contributed by atoms with Crippen molar-refractivity contribution in [2.45, 2.75) is 25.8 Å². The van der Waals surface area contributed by atoms with Gasteiger partial charge in [0.1, 0.15) is 0 Å². The highest BCUT2D eigenvalue weighted by molar-refractivity contribution is 6.38. The van der Waals surface area contributed by atoms with Gasteiger partial charge in [-0.2, -0.15) is 0 Å².